The number of sulfone groups is 1. The molecule has 138 valence electrons. The lowest BCUT2D eigenvalue weighted by Crippen LogP contribution is -2.42. The fourth-order valence-corrected chi connectivity index (χ4v) is 3.97. The Kier molecular flexibility index (Phi) is 4.91. The Balaban J connectivity index is 2.20. The summed E-state index contributed by atoms with van der Waals surface area (Å²) >= 11 is 0. The van der Waals surface area contributed by atoms with E-state index in [0.717, 1.165) is 22.9 Å². The zero-order valence-electron chi connectivity index (χ0n) is 14.9. The summed E-state index contributed by atoms with van der Waals surface area (Å²) in [7, 11) is -0.727. The number of hydrogen-bond acceptors (Lipinski definition) is 5. The van der Waals surface area contributed by atoms with E-state index in [4.69, 9.17) is 9.47 Å². The van der Waals surface area contributed by atoms with Crippen molar-refractivity contribution in [3.05, 3.63) is 59.2 Å². The van der Waals surface area contributed by atoms with E-state index in [0.29, 0.717) is 24.5 Å². The summed E-state index contributed by atoms with van der Waals surface area (Å²) in [5, 5.41) is -0.869. The number of hydrogen-bond donors (Lipinski definition) is 0. The summed E-state index contributed by atoms with van der Waals surface area (Å²) < 4.78 is 34.6. The van der Waals surface area contributed by atoms with Gasteiger partial charge < -0.3 is 14.4 Å². The van der Waals surface area contributed by atoms with Crippen LogP contribution in [0.15, 0.2) is 42.5 Å². The molecular weight excluding hydrogens is 354 g/mol. The third-order valence-electron chi connectivity index (χ3n) is 4.54. The highest BCUT2D eigenvalue weighted by molar-refractivity contribution is 8.05. The second kappa shape index (κ2) is 6.99. The first kappa shape index (κ1) is 18.3. The zero-order chi connectivity index (χ0) is 18.9. The number of ether oxygens (including phenoxy) is 2. The lowest BCUT2D eigenvalue weighted by atomic mass is 9.88. The van der Waals surface area contributed by atoms with Crippen molar-refractivity contribution in [2.24, 2.45) is 0 Å². The minimum Gasteiger partial charge on any atom is -0.493 e. The minimum absolute atomic E-state index is 0.313. The molecule has 1 aliphatic heterocycles. The lowest BCUT2D eigenvalue weighted by molar-refractivity contribution is 0.202. The first-order valence-corrected chi connectivity index (χ1v) is 10.1. The van der Waals surface area contributed by atoms with Gasteiger partial charge in [0, 0.05) is 12.8 Å². The normalized spacial score (nSPS) is 16.7. The van der Waals surface area contributed by atoms with Gasteiger partial charge in [0.2, 0.25) is 9.84 Å². The zero-order valence-corrected chi connectivity index (χ0v) is 15.7. The number of amides is 1. The van der Waals surface area contributed by atoms with Crippen molar-refractivity contribution in [3.63, 3.8) is 0 Å². The van der Waals surface area contributed by atoms with Crippen molar-refractivity contribution in [1.82, 2.24) is 4.90 Å². The van der Waals surface area contributed by atoms with Gasteiger partial charge in [-0.3, -0.25) is 4.79 Å². The lowest BCUT2D eigenvalue weighted by Gasteiger charge is -2.37. The molecule has 0 N–H and O–H groups in total. The third-order valence-corrected chi connectivity index (χ3v) is 5.41. The minimum atomic E-state index is -3.84. The van der Waals surface area contributed by atoms with Crippen LogP contribution >= 0.6 is 0 Å². The molecule has 2 aromatic rings. The van der Waals surface area contributed by atoms with Gasteiger partial charge in [0.15, 0.2) is 11.5 Å². The number of methoxy groups -OCH3 is 2. The molecule has 0 saturated carbocycles. The third kappa shape index (κ3) is 3.26. The van der Waals surface area contributed by atoms with Crippen LogP contribution in [-0.4, -0.2) is 45.6 Å². The van der Waals surface area contributed by atoms with Gasteiger partial charge in [-0.15, -0.1) is 0 Å². The summed E-state index contributed by atoms with van der Waals surface area (Å²) in [4.78, 5) is 14.0. The van der Waals surface area contributed by atoms with Gasteiger partial charge in [-0.25, -0.2) is 8.42 Å². The summed E-state index contributed by atoms with van der Waals surface area (Å²) in [6, 6.07) is 12.6. The summed E-state index contributed by atoms with van der Waals surface area (Å²) in [5.74, 6) is 1.15. The van der Waals surface area contributed by atoms with Crippen molar-refractivity contribution < 1.29 is 22.7 Å². The highest BCUT2D eigenvalue weighted by Gasteiger charge is 2.36. The van der Waals surface area contributed by atoms with Crippen LogP contribution in [0.4, 0.5) is 4.79 Å². The first-order valence-electron chi connectivity index (χ1n) is 8.17. The molecule has 3 rings (SSSR count). The van der Waals surface area contributed by atoms with E-state index in [1.807, 2.05) is 42.5 Å². The van der Waals surface area contributed by atoms with Crippen LogP contribution in [-0.2, 0) is 16.3 Å². The number of rotatable bonds is 3. The molecule has 1 heterocycles. The van der Waals surface area contributed by atoms with Crippen LogP contribution in [0.1, 0.15) is 22.7 Å². The molecule has 1 unspecified atom stereocenters. The molecule has 6 nitrogen and oxygen atoms in total. The Hall–Kier alpha value is -2.54. The van der Waals surface area contributed by atoms with E-state index in [-0.39, 0.29) is 0 Å². The number of carbonyl (C=O) groups excluding carboxylic acids is 1. The Morgan fingerprint density at radius 2 is 1.69 bits per heavy atom. The number of nitrogens with zero attached hydrogens (tertiary/aromatic N) is 1. The average Bonchev–Trinajstić information content (AvgIpc) is 2.65. The van der Waals surface area contributed by atoms with Crippen LogP contribution in [0.2, 0.25) is 0 Å². The van der Waals surface area contributed by atoms with E-state index < -0.39 is 21.1 Å². The van der Waals surface area contributed by atoms with Crippen molar-refractivity contribution >= 4 is 15.1 Å². The van der Waals surface area contributed by atoms with Crippen molar-refractivity contribution in [2.75, 3.05) is 27.0 Å². The van der Waals surface area contributed by atoms with Gasteiger partial charge in [0.25, 0.3) is 0 Å². The monoisotopic (exact) mass is 375 g/mol. The molecule has 2 aromatic carbocycles. The Bertz CT molecular complexity index is 924. The van der Waals surface area contributed by atoms with E-state index >= 15 is 0 Å². The second-order valence-electron chi connectivity index (χ2n) is 6.20. The van der Waals surface area contributed by atoms with Gasteiger partial charge in [-0.2, -0.15) is 0 Å². The van der Waals surface area contributed by atoms with Gasteiger partial charge >= 0.3 is 5.24 Å². The smallest absolute Gasteiger partial charge is 0.339 e. The number of benzene rings is 2. The van der Waals surface area contributed by atoms with Crippen molar-refractivity contribution in [3.8, 4) is 11.5 Å². The molecule has 1 atom stereocenters. The highest BCUT2D eigenvalue weighted by Crippen LogP contribution is 2.41. The van der Waals surface area contributed by atoms with Gasteiger partial charge in [0.05, 0.1) is 20.3 Å². The van der Waals surface area contributed by atoms with E-state index in [2.05, 4.69) is 0 Å². The largest absolute Gasteiger partial charge is 0.493 e. The molecule has 0 radical (unpaired) electrons. The van der Waals surface area contributed by atoms with Gasteiger partial charge in [-0.05, 0) is 35.2 Å². The summed E-state index contributed by atoms with van der Waals surface area (Å²) in [6.07, 6.45) is 1.49. The maximum atomic E-state index is 12.6. The molecule has 0 aromatic heterocycles. The second-order valence-corrected chi connectivity index (χ2v) is 8.09. The van der Waals surface area contributed by atoms with Gasteiger partial charge in [0.1, 0.15) is 0 Å². The Labute approximate surface area is 153 Å². The Morgan fingerprint density at radius 3 is 2.27 bits per heavy atom. The maximum Gasteiger partial charge on any atom is 0.339 e. The number of fused-ring (bicyclic) bond motifs is 1. The fraction of sp³-hybridized carbons (Fsp3) is 0.316. The predicted molar refractivity (Wildman–Crippen MR) is 98.5 cm³/mol. The molecule has 0 spiro atoms. The molecule has 26 heavy (non-hydrogen) atoms. The molecule has 0 bridgehead atoms. The van der Waals surface area contributed by atoms with Crippen molar-refractivity contribution in [1.29, 1.82) is 0 Å². The SMILES string of the molecule is COc1cc2c(cc1OC)C(c1ccccc1)N(C(=O)S(C)(=O)=O)CC2. The standard InChI is InChI=1S/C19H21NO5S/c1-24-16-11-14-9-10-20(19(21)26(3,22)23)18(13-7-5-4-6-8-13)15(14)12-17(16)25-2/h4-8,11-12,18H,9-10H2,1-3H3. The van der Waals surface area contributed by atoms with Gasteiger partial charge in [-0.1, -0.05) is 30.3 Å². The Morgan fingerprint density at radius 1 is 1.08 bits per heavy atom. The molecule has 0 saturated heterocycles. The van der Waals surface area contributed by atoms with Crippen LogP contribution in [0.3, 0.4) is 0 Å². The summed E-state index contributed by atoms with van der Waals surface area (Å²) in [5.41, 5.74) is 2.70. The van der Waals surface area contributed by atoms with Crippen LogP contribution in [0, 0.1) is 0 Å². The average molecular weight is 375 g/mol. The first-order chi connectivity index (χ1) is 12.4. The van der Waals surface area contributed by atoms with E-state index in [1.165, 1.54) is 4.90 Å². The molecular formula is C19H21NO5S. The molecule has 1 amide bonds. The van der Waals surface area contributed by atoms with E-state index in [9.17, 15) is 13.2 Å². The van der Waals surface area contributed by atoms with Crippen LogP contribution in [0.25, 0.3) is 0 Å². The molecule has 0 fully saturated rings. The quantitative estimate of drug-likeness (QED) is 0.825. The van der Waals surface area contributed by atoms with E-state index in [1.54, 1.807) is 14.2 Å². The van der Waals surface area contributed by atoms with Crippen LogP contribution < -0.4 is 9.47 Å². The highest BCUT2D eigenvalue weighted by atomic mass is 32.2. The predicted octanol–water partition coefficient (Wildman–Crippen LogP) is 2.82. The number of carbonyl (C=O) groups is 1. The molecule has 7 heteroatoms. The van der Waals surface area contributed by atoms with Crippen molar-refractivity contribution in [2.45, 2.75) is 12.5 Å². The van der Waals surface area contributed by atoms with Crippen LogP contribution in [0.5, 0.6) is 11.5 Å². The topological polar surface area (TPSA) is 72.9 Å². The molecule has 1 aliphatic rings. The maximum absolute atomic E-state index is 12.6. The molecule has 0 aliphatic carbocycles. The summed E-state index contributed by atoms with van der Waals surface area (Å²) in [6.45, 7) is 0.313. The fourth-order valence-electron chi connectivity index (χ4n) is 3.35.